The standard InChI is InChI=1S/C14H20N2/c1-2-5-12-7-9-13(10-8-12)16-11-4-3-6-14(16)15/h7-10,15H,2-6,11H2,1H3. The van der Waals surface area contributed by atoms with E-state index < -0.39 is 0 Å². The molecule has 0 atom stereocenters. The Morgan fingerprint density at radius 2 is 1.94 bits per heavy atom. The number of aryl methyl sites for hydroxylation is 1. The highest BCUT2D eigenvalue weighted by molar-refractivity contribution is 5.96. The zero-order valence-corrected chi connectivity index (χ0v) is 10.00. The minimum Gasteiger partial charge on any atom is -0.330 e. The van der Waals surface area contributed by atoms with Gasteiger partial charge in [0.15, 0.2) is 0 Å². The molecule has 0 unspecified atom stereocenters. The lowest BCUT2D eigenvalue weighted by Crippen LogP contribution is -2.34. The molecule has 1 aliphatic heterocycles. The van der Waals surface area contributed by atoms with Gasteiger partial charge in [0.1, 0.15) is 5.84 Å². The van der Waals surface area contributed by atoms with Gasteiger partial charge in [-0.05, 0) is 37.0 Å². The fourth-order valence-electron chi connectivity index (χ4n) is 2.25. The molecule has 0 aromatic heterocycles. The molecule has 0 saturated carbocycles. The van der Waals surface area contributed by atoms with Crippen LogP contribution in [0.1, 0.15) is 38.2 Å². The van der Waals surface area contributed by atoms with Gasteiger partial charge in [0.2, 0.25) is 0 Å². The van der Waals surface area contributed by atoms with Gasteiger partial charge in [-0.15, -0.1) is 0 Å². The first-order valence-electron chi connectivity index (χ1n) is 6.25. The van der Waals surface area contributed by atoms with Crippen LogP contribution in [0.4, 0.5) is 5.69 Å². The van der Waals surface area contributed by atoms with Crippen molar-refractivity contribution in [2.45, 2.75) is 39.0 Å². The second-order valence-electron chi connectivity index (χ2n) is 4.47. The molecule has 16 heavy (non-hydrogen) atoms. The molecule has 1 saturated heterocycles. The van der Waals surface area contributed by atoms with Crippen LogP contribution in [-0.2, 0) is 6.42 Å². The second kappa shape index (κ2) is 5.15. The van der Waals surface area contributed by atoms with Crippen molar-refractivity contribution in [1.82, 2.24) is 0 Å². The van der Waals surface area contributed by atoms with Gasteiger partial charge < -0.3 is 4.90 Å². The molecule has 1 aliphatic rings. The maximum atomic E-state index is 7.94. The molecule has 0 bridgehead atoms. The number of nitrogens with zero attached hydrogens (tertiary/aromatic N) is 1. The van der Waals surface area contributed by atoms with E-state index in [4.69, 9.17) is 5.41 Å². The van der Waals surface area contributed by atoms with Crippen LogP contribution < -0.4 is 4.90 Å². The lowest BCUT2D eigenvalue weighted by Gasteiger charge is -2.29. The maximum absolute atomic E-state index is 7.94. The lowest BCUT2D eigenvalue weighted by molar-refractivity contribution is 0.707. The van der Waals surface area contributed by atoms with E-state index in [2.05, 4.69) is 36.1 Å². The highest BCUT2D eigenvalue weighted by Gasteiger charge is 2.15. The van der Waals surface area contributed by atoms with Crippen LogP contribution in [0.15, 0.2) is 24.3 Å². The molecule has 0 aliphatic carbocycles. The molecular weight excluding hydrogens is 196 g/mol. The highest BCUT2D eigenvalue weighted by atomic mass is 15.2. The largest absolute Gasteiger partial charge is 0.330 e. The van der Waals surface area contributed by atoms with Crippen molar-refractivity contribution in [2.75, 3.05) is 11.4 Å². The minimum absolute atomic E-state index is 0.773. The number of nitrogens with one attached hydrogen (secondary N) is 1. The van der Waals surface area contributed by atoms with Gasteiger partial charge in [0.05, 0.1) is 0 Å². The summed E-state index contributed by atoms with van der Waals surface area (Å²) in [4.78, 5) is 2.14. The lowest BCUT2D eigenvalue weighted by atomic mass is 10.1. The number of amidine groups is 1. The molecule has 0 amide bonds. The molecule has 1 aromatic rings. The van der Waals surface area contributed by atoms with Crippen molar-refractivity contribution < 1.29 is 0 Å². The number of benzene rings is 1. The normalized spacial score (nSPS) is 16.6. The molecule has 2 nitrogen and oxygen atoms in total. The van der Waals surface area contributed by atoms with Gasteiger partial charge in [-0.25, -0.2) is 0 Å². The first-order valence-corrected chi connectivity index (χ1v) is 6.25. The van der Waals surface area contributed by atoms with Crippen molar-refractivity contribution in [2.24, 2.45) is 0 Å². The third-order valence-electron chi connectivity index (χ3n) is 3.16. The first kappa shape index (κ1) is 11.2. The van der Waals surface area contributed by atoms with Gasteiger partial charge in [-0.1, -0.05) is 25.5 Å². The van der Waals surface area contributed by atoms with Crippen molar-refractivity contribution in [3.05, 3.63) is 29.8 Å². The summed E-state index contributed by atoms with van der Waals surface area (Å²) in [5, 5.41) is 7.94. The second-order valence-corrected chi connectivity index (χ2v) is 4.47. The Morgan fingerprint density at radius 3 is 2.56 bits per heavy atom. The molecule has 0 radical (unpaired) electrons. The molecule has 86 valence electrons. The number of hydrogen-bond donors (Lipinski definition) is 1. The van der Waals surface area contributed by atoms with Crippen LogP contribution in [0.2, 0.25) is 0 Å². The van der Waals surface area contributed by atoms with Gasteiger partial charge in [-0.3, -0.25) is 5.41 Å². The van der Waals surface area contributed by atoms with Crippen LogP contribution in [0.5, 0.6) is 0 Å². The summed E-state index contributed by atoms with van der Waals surface area (Å²) < 4.78 is 0. The summed E-state index contributed by atoms with van der Waals surface area (Å²) in [6, 6.07) is 8.71. The number of rotatable bonds is 3. The zero-order valence-electron chi connectivity index (χ0n) is 10.00. The van der Waals surface area contributed by atoms with Crippen molar-refractivity contribution in [3.8, 4) is 0 Å². The Labute approximate surface area is 97.8 Å². The van der Waals surface area contributed by atoms with E-state index in [1.165, 1.54) is 30.5 Å². The fourth-order valence-corrected chi connectivity index (χ4v) is 2.25. The maximum Gasteiger partial charge on any atom is 0.100 e. The van der Waals surface area contributed by atoms with Crippen LogP contribution in [0.3, 0.4) is 0 Å². The SMILES string of the molecule is CCCc1ccc(N2CCCCC2=N)cc1. The minimum atomic E-state index is 0.773. The zero-order chi connectivity index (χ0) is 11.4. The number of anilines is 1. The van der Waals surface area contributed by atoms with Crippen LogP contribution >= 0.6 is 0 Å². The molecule has 2 rings (SSSR count). The molecule has 1 fully saturated rings. The van der Waals surface area contributed by atoms with Gasteiger partial charge in [-0.2, -0.15) is 0 Å². The van der Waals surface area contributed by atoms with E-state index >= 15 is 0 Å². The van der Waals surface area contributed by atoms with Crippen molar-refractivity contribution in [1.29, 1.82) is 5.41 Å². The highest BCUT2D eigenvalue weighted by Crippen LogP contribution is 2.21. The number of hydrogen-bond acceptors (Lipinski definition) is 1. The Bertz CT molecular complexity index is 354. The average molecular weight is 216 g/mol. The predicted molar refractivity (Wildman–Crippen MR) is 69.4 cm³/mol. The average Bonchev–Trinajstić information content (AvgIpc) is 2.31. The summed E-state index contributed by atoms with van der Waals surface area (Å²) in [5.74, 6) is 0.773. The Kier molecular flexibility index (Phi) is 3.60. The van der Waals surface area contributed by atoms with Crippen molar-refractivity contribution >= 4 is 11.5 Å². The van der Waals surface area contributed by atoms with Crippen LogP contribution in [-0.4, -0.2) is 12.4 Å². The molecule has 1 aromatic carbocycles. The Hall–Kier alpha value is -1.31. The van der Waals surface area contributed by atoms with E-state index in [1.54, 1.807) is 0 Å². The monoisotopic (exact) mass is 216 g/mol. The quantitative estimate of drug-likeness (QED) is 0.821. The summed E-state index contributed by atoms with van der Waals surface area (Å²) in [7, 11) is 0. The molecule has 2 heteroatoms. The fraction of sp³-hybridized carbons (Fsp3) is 0.500. The topological polar surface area (TPSA) is 27.1 Å². The summed E-state index contributed by atoms with van der Waals surface area (Å²) in [5.41, 5.74) is 2.58. The number of piperidine rings is 1. The predicted octanol–water partition coefficient (Wildman–Crippen LogP) is 3.61. The summed E-state index contributed by atoms with van der Waals surface area (Å²) >= 11 is 0. The first-order chi connectivity index (χ1) is 7.81. The van der Waals surface area contributed by atoms with Gasteiger partial charge >= 0.3 is 0 Å². The van der Waals surface area contributed by atoms with E-state index in [0.717, 1.165) is 25.2 Å². The van der Waals surface area contributed by atoms with Crippen LogP contribution in [0, 0.1) is 5.41 Å². The third-order valence-corrected chi connectivity index (χ3v) is 3.16. The Morgan fingerprint density at radius 1 is 1.19 bits per heavy atom. The van der Waals surface area contributed by atoms with E-state index in [-0.39, 0.29) is 0 Å². The van der Waals surface area contributed by atoms with Gasteiger partial charge in [0, 0.05) is 18.7 Å². The van der Waals surface area contributed by atoms with E-state index in [0.29, 0.717) is 0 Å². The van der Waals surface area contributed by atoms with Gasteiger partial charge in [0.25, 0.3) is 0 Å². The smallest absolute Gasteiger partial charge is 0.100 e. The third kappa shape index (κ3) is 2.43. The molecule has 0 spiro atoms. The summed E-state index contributed by atoms with van der Waals surface area (Å²) in [6.07, 6.45) is 5.65. The molecule has 1 N–H and O–H groups in total. The molecule has 1 heterocycles. The molecular formula is C14H20N2. The van der Waals surface area contributed by atoms with Crippen LogP contribution in [0.25, 0.3) is 0 Å². The Balaban J connectivity index is 2.11. The van der Waals surface area contributed by atoms with Crippen molar-refractivity contribution in [3.63, 3.8) is 0 Å². The van der Waals surface area contributed by atoms with E-state index in [1.807, 2.05) is 0 Å². The summed E-state index contributed by atoms with van der Waals surface area (Å²) in [6.45, 7) is 3.21. The van der Waals surface area contributed by atoms with E-state index in [9.17, 15) is 0 Å².